The fourth-order valence-electron chi connectivity index (χ4n) is 0. The van der Waals surface area contributed by atoms with Gasteiger partial charge in [-0.25, -0.2) is 0 Å². The summed E-state index contributed by atoms with van der Waals surface area (Å²) in [7, 11) is 0. The van der Waals surface area contributed by atoms with E-state index >= 15 is 0 Å². The summed E-state index contributed by atoms with van der Waals surface area (Å²) in [6.45, 7) is 6.50. The molecule has 0 spiro atoms. The maximum atomic E-state index is 2.17. The van der Waals surface area contributed by atoms with Crippen molar-refractivity contribution in [3.8, 4) is 0 Å². The summed E-state index contributed by atoms with van der Waals surface area (Å²) < 4.78 is 0. The van der Waals surface area contributed by atoms with Crippen LogP contribution in [0, 0.1) is 5.92 Å². The topological polar surface area (TPSA) is 0 Å². The molecule has 0 saturated carbocycles. The van der Waals surface area contributed by atoms with Gasteiger partial charge in [-0.2, -0.15) is 0 Å². The molecule has 0 aromatic rings. The minimum absolute atomic E-state index is 0. The van der Waals surface area contributed by atoms with Gasteiger partial charge in [0, 0.05) is 17.1 Å². The molecular weight excluding hydrogens is 119 g/mol. The second-order valence-electron chi connectivity index (χ2n) is 1.73. The zero-order chi connectivity index (χ0) is 3.58. The molecule has 0 nitrogen and oxygen atoms in total. The van der Waals surface area contributed by atoms with Gasteiger partial charge in [0.25, 0.3) is 0 Å². The summed E-state index contributed by atoms with van der Waals surface area (Å²) in [5, 5.41) is 0. The van der Waals surface area contributed by atoms with Crippen molar-refractivity contribution in [1.29, 1.82) is 0 Å². The monoisotopic (exact) mass is 129 g/mol. The van der Waals surface area contributed by atoms with E-state index < -0.39 is 0 Å². The molecule has 0 unspecified atom stereocenters. The standard InChI is InChI=1S/C4H10.Cu.Li.H/c1-4(2)3;;;/h4H,1-3H3;;;/q;;+1;-1. The van der Waals surface area contributed by atoms with Gasteiger partial charge in [-0.15, -0.1) is 0 Å². The molecule has 0 rings (SSSR count). The van der Waals surface area contributed by atoms with Crippen molar-refractivity contribution in [2.45, 2.75) is 20.8 Å². The Bertz CT molecular complexity index is 16.4. The summed E-state index contributed by atoms with van der Waals surface area (Å²) in [6.07, 6.45) is 0. The van der Waals surface area contributed by atoms with E-state index in [2.05, 4.69) is 20.8 Å². The normalized spacial score (nSPS) is 6.00. The van der Waals surface area contributed by atoms with Crippen LogP contribution in [0.1, 0.15) is 22.2 Å². The molecule has 0 N–H and O–H groups in total. The molecule has 0 saturated heterocycles. The van der Waals surface area contributed by atoms with Crippen molar-refractivity contribution in [3.05, 3.63) is 0 Å². The average Bonchev–Trinajstić information content (AvgIpc) is 0.811. The molecule has 0 amide bonds. The van der Waals surface area contributed by atoms with Crippen molar-refractivity contribution in [1.82, 2.24) is 0 Å². The van der Waals surface area contributed by atoms with E-state index in [0.717, 1.165) is 5.92 Å². The first-order valence-electron chi connectivity index (χ1n) is 1.73. The van der Waals surface area contributed by atoms with Gasteiger partial charge in [-0.1, -0.05) is 20.8 Å². The molecule has 39 valence electrons. The first kappa shape index (κ1) is 15.7. The largest absolute Gasteiger partial charge is 1.00 e. The number of rotatable bonds is 0. The van der Waals surface area contributed by atoms with E-state index in [-0.39, 0.29) is 37.4 Å². The van der Waals surface area contributed by atoms with Crippen molar-refractivity contribution in [2.75, 3.05) is 0 Å². The third kappa shape index (κ3) is 69.5. The van der Waals surface area contributed by atoms with Gasteiger partial charge >= 0.3 is 18.9 Å². The van der Waals surface area contributed by atoms with Crippen LogP contribution in [0.3, 0.4) is 0 Å². The second-order valence-corrected chi connectivity index (χ2v) is 1.73. The van der Waals surface area contributed by atoms with Crippen LogP contribution in [0.15, 0.2) is 0 Å². The van der Waals surface area contributed by atoms with Crippen LogP contribution in [-0.2, 0) is 17.1 Å². The Morgan fingerprint density at radius 1 is 1.17 bits per heavy atom. The van der Waals surface area contributed by atoms with E-state index in [1.54, 1.807) is 0 Å². The smallest absolute Gasteiger partial charge is 1.00 e. The van der Waals surface area contributed by atoms with Crippen LogP contribution in [0.5, 0.6) is 0 Å². The Morgan fingerprint density at radius 3 is 1.17 bits per heavy atom. The zero-order valence-electron chi connectivity index (χ0n) is 5.88. The minimum Gasteiger partial charge on any atom is -1.00 e. The molecule has 0 aromatic carbocycles. The maximum Gasteiger partial charge on any atom is 1.00 e. The predicted octanol–water partition coefficient (Wildman–Crippen LogP) is -1.22. The SMILES string of the molecule is CC(C)C.[Cu].[H-].[Li+]. The van der Waals surface area contributed by atoms with E-state index in [4.69, 9.17) is 0 Å². The zero-order valence-corrected chi connectivity index (χ0v) is 5.82. The molecule has 0 bridgehead atoms. The molecule has 0 heterocycles. The van der Waals surface area contributed by atoms with Gasteiger partial charge in [0.1, 0.15) is 0 Å². The minimum atomic E-state index is 0. The van der Waals surface area contributed by atoms with E-state index in [1.807, 2.05) is 0 Å². The summed E-state index contributed by atoms with van der Waals surface area (Å²) in [4.78, 5) is 0. The van der Waals surface area contributed by atoms with E-state index in [9.17, 15) is 0 Å². The summed E-state index contributed by atoms with van der Waals surface area (Å²) in [6, 6.07) is 0. The number of hydrogen-bond donors (Lipinski definition) is 0. The van der Waals surface area contributed by atoms with Crippen molar-refractivity contribution >= 4 is 0 Å². The first-order valence-corrected chi connectivity index (χ1v) is 1.73. The van der Waals surface area contributed by atoms with Crippen LogP contribution in [0.25, 0.3) is 0 Å². The third-order valence-electron chi connectivity index (χ3n) is 0. The fraction of sp³-hybridized carbons (Fsp3) is 1.00. The Balaban J connectivity index is -0.0000000150. The Morgan fingerprint density at radius 2 is 1.17 bits per heavy atom. The van der Waals surface area contributed by atoms with Gasteiger partial charge in [-0.05, 0) is 5.92 Å². The van der Waals surface area contributed by atoms with Gasteiger partial charge in [0.05, 0.1) is 0 Å². The molecular formula is C4H11CuLi. The molecule has 0 aliphatic carbocycles. The number of hydrogen-bond acceptors (Lipinski definition) is 0. The molecule has 0 aliphatic heterocycles. The van der Waals surface area contributed by atoms with Crippen molar-refractivity contribution in [3.63, 3.8) is 0 Å². The van der Waals surface area contributed by atoms with E-state index in [0.29, 0.717) is 0 Å². The van der Waals surface area contributed by atoms with Crippen LogP contribution < -0.4 is 18.9 Å². The molecule has 0 atom stereocenters. The van der Waals surface area contributed by atoms with E-state index in [1.165, 1.54) is 0 Å². The molecule has 1 radical (unpaired) electrons. The van der Waals surface area contributed by atoms with Gasteiger partial charge in [0.2, 0.25) is 0 Å². The summed E-state index contributed by atoms with van der Waals surface area (Å²) in [5.74, 6) is 0.833. The third-order valence-corrected chi connectivity index (χ3v) is 0. The second kappa shape index (κ2) is 9.45. The quantitative estimate of drug-likeness (QED) is 0.360. The summed E-state index contributed by atoms with van der Waals surface area (Å²) in [5.41, 5.74) is 0. The molecule has 0 fully saturated rings. The Kier molecular flexibility index (Phi) is 24.7. The maximum absolute atomic E-state index is 2.17. The Hall–Kier alpha value is 1.12. The van der Waals surface area contributed by atoms with Gasteiger partial charge in [-0.3, -0.25) is 0 Å². The van der Waals surface area contributed by atoms with Crippen LogP contribution in [0.4, 0.5) is 0 Å². The molecule has 6 heavy (non-hydrogen) atoms. The summed E-state index contributed by atoms with van der Waals surface area (Å²) >= 11 is 0. The Labute approximate surface area is 64.2 Å². The van der Waals surface area contributed by atoms with Crippen molar-refractivity contribution in [2.24, 2.45) is 5.92 Å². The van der Waals surface area contributed by atoms with Gasteiger partial charge in [0.15, 0.2) is 0 Å². The van der Waals surface area contributed by atoms with Crippen LogP contribution in [-0.4, -0.2) is 0 Å². The van der Waals surface area contributed by atoms with Crippen LogP contribution >= 0.6 is 0 Å². The first-order chi connectivity index (χ1) is 1.73. The fourth-order valence-corrected chi connectivity index (χ4v) is 0. The predicted molar refractivity (Wildman–Crippen MR) is 21.6 cm³/mol. The molecule has 0 aliphatic rings. The molecule has 0 aromatic heterocycles. The average molecular weight is 130 g/mol. The van der Waals surface area contributed by atoms with Crippen LogP contribution in [0.2, 0.25) is 0 Å². The van der Waals surface area contributed by atoms with Crippen molar-refractivity contribution < 1.29 is 37.4 Å². The van der Waals surface area contributed by atoms with Gasteiger partial charge < -0.3 is 1.43 Å². The molecule has 2 heteroatoms.